The van der Waals surface area contributed by atoms with Gasteiger partial charge in [0.25, 0.3) is 0 Å². The first kappa shape index (κ1) is 60.5. The van der Waals surface area contributed by atoms with Crippen LogP contribution in [0.1, 0.15) is 264 Å². The number of aliphatic hydroxyl groups is 1. The van der Waals surface area contributed by atoms with Crippen LogP contribution in [0.4, 0.5) is 0 Å². The lowest BCUT2D eigenvalue weighted by Gasteiger charge is -2.15. The van der Waals surface area contributed by atoms with Crippen LogP contribution in [0.5, 0.6) is 0 Å². The molecule has 9 nitrogen and oxygen atoms in total. The summed E-state index contributed by atoms with van der Waals surface area (Å²) < 4.78 is 27.0. The zero-order chi connectivity index (χ0) is 45.3. The molecule has 0 aliphatic heterocycles. The minimum atomic E-state index is -4.42. The number of hydrogen-bond donors (Lipinski definition) is 3. The fourth-order valence-electron chi connectivity index (χ4n) is 7.65. The molecule has 0 aliphatic carbocycles. The van der Waals surface area contributed by atoms with E-state index in [1.54, 1.807) is 0 Å². The molecule has 0 aliphatic rings. The molecule has 0 bridgehead atoms. The molecular weight excluding hydrogens is 798 g/mol. The van der Waals surface area contributed by atoms with Crippen molar-refractivity contribution in [3.8, 4) is 0 Å². The number of aliphatic hydroxyl groups excluding tert-OH is 1. The number of phosphoric acid groups is 1. The van der Waals surface area contributed by atoms with E-state index in [1.165, 1.54) is 186 Å². The van der Waals surface area contributed by atoms with Gasteiger partial charge in [0, 0.05) is 19.4 Å². The van der Waals surface area contributed by atoms with Gasteiger partial charge in [0.05, 0.1) is 13.2 Å². The zero-order valence-electron chi connectivity index (χ0n) is 40.6. The highest BCUT2D eigenvalue weighted by atomic mass is 31.2. The van der Waals surface area contributed by atoms with E-state index in [1.807, 2.05) is 0 Å². The summed E-state index contributed by atoms with van der Waals surface area (Å²) in [5, 5.41) is 12.8. The van der Waals surface area contributed by atoms with Crippen LogP contribution in [-0.4, -0.2) is 54.3 Å². The molecule has 0 aromatic rings. The van der Waals surface area contributed by atoms with Crippen molar-refractivity contribution in [1.29, 1.82) is 0 Å². The Morgan fingerprint density at radius 2 is 0.871 bits per heavy atom. The average molecular weight is 898 g/mol. The number of carbonyl (C=O) groups excluding carboxylic acids is 2. The predicted molar refractivity (Wildman–Crippen MR) is 261 cm³/mol. The molecular formula is C52H100NO8P. The van der Waals surface area contributed by atoms with Crippen molar-refractivity contribution < 1.29 is 37.9 Å². The van der Waals surface area contributed by atoms with Crippen molar-refractivity contribution in [2.45, 2.75) is 270 Å². The van der Waals surface area contributed by atoms with Gasteiger partial charge in [-0.3, -0.25) is 18.6 Å². The molecule has 0 fully saturated rings. The van der Waals surface area contributed by atoms with Gasteiger partial charge in [0.2, 0.25) is 5.91 Å². The lowest BCUT2D eigenvalue weighted by molar-refractivity contribution is -0.147. The molecule has 0 radical (unpaired) electrons. The third-order valence-electron chi connectivity index (χ3n) is 11.6. The van der Waals surface area contributed by atoms with Gasteiger partial charge in [-0.25, -0.2) is 4.57 Å². The highest BCUT2D eigenvalue weighted by Gasteiger charge is 2.23. The molecule has 10 heteroatoms. The van der Waals surface area contributed by atoms with Crippen LogP contribution in [-0.2, 0) is 27.9 Å². The third kappa shape index (κ3) is 49.5. The summed E-state index contributed by atoms with van der Waals surface area (Å²) in [4.78, 5) is 34.1. The molecule has 0 spiro atoms. The standard InChI is InChI=1S/C52H100NO8P/c1-3-5-7-9-11-13-15-17-19-21-22-23-24-25-26-27-29-31-33-35-37-39-41-43-45-52(56)59-48-50(54)49-61-62(57,58)60-47-46-53-51(55)44-42-40-38-36-34-32-30-28-20-18-16-14-12-10-8-6-4-2/h12,14,18,20,50,54H,3-11,13,15-17,19,21-49H2,1-2H3,(H,53,55)(H,57,58)/b14-12-,20-18-. The molecule has 366 valence electrons. The van der Waals surface area contributed by atoms with Crippen LogP contribution in [0, 0.1) is 0 Å². The second-order valence-corrected chi connectivity index (χ2v) is 19.3. The topological polar surface area (TPSA) is 131 Å². The van der Waals surface area contributed by atoms with Gasteiger partial charge in [-0.2, -0.15) is 0 Å². The molecule has 2 unspecified atom stereocenters. The van der Waals surface area contributed by atoms with Crippen LogP contribution in [0.2, 0.25) is 0 Å². The summed E-state index contributed by atoms with van der Waals surface area (Å²) in [7, 11) is -4.42. The Kier molecular flexibility index (Phi) is 47.7. The van der Waals surface area contributed by atoms with Crippen molar-refractivity contribution in [1.82, 2.24) is 5.32 Å². The molecule has 62 heavy (non-hydrogen) atoms. The van der Waals surface area contributed by atoms with Crippen molar-refractivity contribution in [2.75, 3.05) is 26.4 Å². The highest BCUT2D eigenvalue weighted by Crippen LogP contribution is 2.42. The number of esters is 1. The Hall–Kier alpha value is -1.51. The predicted octanol–water partition coefficient (Wildman–Crippen LogP) is 15.5. The van der Waals surface area contributed by atoms with E-state index >= 15 is 0 Å². The van der Waals surface area contributed by atoms with Gasteiger partial charge in [0.15, 0.2) is 0 Å². The van der Waals surface area contributed by atoms with Crippen LogP contribution >= 0.6 is 7.82 Å². The van der Waals surface area contributed by atoms with Crippen molar-refractivity contribution in [2.24, 2.45) is 0 Å². The normalized spacial score (nSPS) is 13.3. The second kappa shape index (κ2) is 48.9. The first-order chi connectivity index (χ1) is 30.3. The van der Waals surface area contributed by atoms with E-state index in [0.717, 1.165) is 51.4 Å². The zero-order valence-corrected chi connectivity index (χ0v) is 41.5. The van der Waals surface area contributed by atoms with Gasteiger partial charge >= 0.3 is 13.8 Å². The van der Waals surface area contributed by atoms with Crippen molar-refractivity contribution in [3.63, 3.8) is 0 Å². The summed E-state index contributed by atoms with van der Waals surface area (Å²) in [6.45, 7) is 3.57. The van der Waals surface area contributed by atoms with E-state index in [9.17, 15) is 24.2 Å². The SMILES string of the molecule is CCCCC/C=C\C/C=C\CCCCCCCCCC(=O)NCCOP(=O)(O)OCC(O)COC(=O)CCCCCCCCCCCCCCCCCCCCCCCCCC. The fraction of sp³-hybridized carbons (Fsp3) is 0.885. The maximum Gasteiger partial charge on any atom is 0.472 e. The molecule has 0 saturated carbocycles. The van der Waals surface area contributed by atoms with Gasteiger partial charge in [-0.15, -0.1) is 0 Å². The average Bonchev–Trinajstić information content (AvgIpc) is 3.26. The highest BCUT2D eigenvalue weighted by molar-refractivity contribution is 7.47. The molecule has 0 saturated heterocycles. The van der Waals surface area contributed by atoms with E-state index in [0.29, 0.717) is 6.42 Å². The second-order valence-electron chi connectivity index (χ2n) is 17.9. The molecule has 2 atom stereocenters. The van der Waals surface area contributed by atoms with E-state index in [-0.39, 0.29) is 32.1 Å². The number of nitrogens with one attached hydrogen (secondary N) is 1. The van der Waals surface area contributed by atoms with E-state index in [4.69, 9.17) is 13.8 Å². The van der Waals surface area contributed by atoms with Crippen molar-refractivity contribution in [3.05, 3.63) is 24.3 Å². The molecule has 0 aromatic carbocycles. The monoisotopic (exact) mass is 898 g/mol. The Morgan fingerprint density at radius 1 is 0.500 bits per heavy atom. The third-order valence-corrected chi connectivity index (χ3v) is 12.6. The molecule has 3 N–H and O–H groups in total. The first-order valence-corrected chi connectivity index (χ1v) is 27.8. The smallest absolute Gasteiger partial charge is 0.463 e. The number of allylic oxidation sites excluding steroid dienone is 4. The number of ether oxygens (including phenoxy) is 1. The summed E-state index contributed by atoms with van der Waals surface area (Å²) in [5.74, 6) is -0.513. The number of rotatable bonds is 50. The number of carbonyl (C=O) groups is 2. The molecule has 1 amide bonds. The Morgan fingerprint density at radius 3 is 1.32 bits per heavy atom. The summed E-state index contributed by atoms with van der Waals surface area (Å²) in [5.41, 5.74) is 0. The Labute approximate surface area is 382 Å². The van der Waals surface area contributed by atoms with Crippen molar-refractivity contribution >= 4 is 19.7 Å². The van der Waals surface area contributed by atoms with E-state index in [2.05, 4.69) is 43.5 Å². The fourth-order valence-corrected chi connectivity index (χ4v) is 8.41. The molecule has 0 aromatic heterocycles. The summed E-state index contributed by atoms with van der Waals surface area (Å²) >= 11 is 0. The minimum Gasteiger partial charge on any atom is -0.463 e. The lowest BCUT2D eigenvalue weighted by atomic mass is 10.0. The van der Waals surface area contributed by atoms with Gasteiger partial charge < -0.3 is 20.1 Å². The maximum atomic E-state index is 12.1. The largest absolute Gasteiger partial charge is 0.472 e. The van der Waals surface area contributed by atoms with Gasteiger partial charge in [-0.1, -0.05) is 231 Å². The van der Waals surface area contributed by atoms with Crippen LogP contribution in [0.25, 0.3) is 0 Å². The van der Waals surface area contributed by atoms with Crippen LogP contribution in [0.15, 0.2) is 24.3 Å². The van der Waals surface area contributed by atoms with Crippen LogP contribution in [0.3, 0.4) is 0 Å². The maximum absolute atomic E-state index is 12.1. The molecule has 0 heterocycles. The summed E-state index contributed by atoms with van der Waals surface area (Å²) in [6.07, 6.45) is 55.5. The number of unbranched alkanes of at least 4 members (excludes halogenated alkanes) is 33. The number of hydrogen-bond acceptors (Lipinski definition) is 7. The Balaban J connectivity index is 3.51. The Bertz CT molecular complexity index is 1070. The number of amides is 1. The molecule has 0 rings (SSSR count). The quantitative estimate of drug-likeness (QED) is 0.0238. The van der Waals surface area contributed by atoms with Gasteiger partial charge in [-0.05, 0) is 44.9 Å². The van der Waals surface area contributed by atoms with E-state index < -0.39 is 26.5 Å². The number of phosphoric ester groups is 1. The van der Waals surface area contributed by atoms with Gasteiger partial charge in [0.1, 0.15) is 12.7 Å². The minimum absolute atomic E-state index is 0.0796. The summed E-state index contributed by atoms with van der Waals surface area (Å²) in [6, 6.07) is 0. The van der Waals surface area contributed by atoms with Crippen LogP contribution < -0.4 is 5.32 Å². The lowest BCUT2D eigenvalue weighted by Crippen LogP contribution is -2.27. The first-order valence-electron chi connectivity index (χ1n) is 26.3.